The summed E-state index contributed by atoms with van der Waals surface area (Å²) in [5, 5.41) is 2.87. The highest BCUT2D eigenvalue weighted by Gasteiger charge is 2.57. The Balaban J connectivity index is 1.53. The van der Waals surface area contributed by atoms with E-state index < -0.39 is 0 Å². The maximum atomic E-state index is 12.8. The Kier molecular flexibility index (Phi) is 5.69. The molecule has 3 rings (SSSR count). The third-order valence-electron chi connectivity index (χ3n) is 6.20. The smallest absolute Gasteiger partial charge is 0.227 e. The molecule has 142 valence electrons. The molecule has 2 aliphatic rings. The molecule has 1 heterocycles. The first-order valence-electron chi connectivity index (χ1n) is 10.1. The number of hydrogen-bond acceptors (Lipinski definition) is 2. The molecule has 1 aliphatic carbocycles. The van der Waals surface area contributed by atoms with Crippen LogP contribution in [0, 0.1) is 17.8 Å². The van der Waals surface area contributed by atoms with E-state index in [1.165, 1.54) is 11.1 Å². The third-order valence-corrected chi connectivity index (χ3v) is 6.20. The zero-order valence-corrected chi connectivity index (χ0v) is 16.5. The van der Waals surface area contributed by atoms with E-state index in [0.717, 1.165) is 19.5 Å². The zero-order valence-electron chi connectivity index (χ0n) is 16.5. The average Bonchev–Trinajstić information content (AvgIpc) is 3.14. The Bertz CT molecular complexity index is 641. The monoisotopic (exact) mass is 356 g/mol. The van der Waals surface area contributed by atoms with Crippen LogP contribution in [0.2, 0.25) is 0 Å². The van der Waals surface area contributed by atoms with Gasteiger partial charge in [-0.25, -0.2) is 0 Å². The van der Waals surface area contributed by atoms with Crippen molar-refractivity contribution in [3.63, 3.8) is 0 Å². The number of hydrogen-bond donors (Lipinski definition) is 1. The number of carbonyl (C=O) groups excluding carboxylic acids is 2. The number of rotatable bonds is 7. The Morgan fingerprint density at radius 2 is 1.73 bits per heavy atom. The molecule has 1 unspecified atom stereocenters. The highest BCUT2D eigenvalue weighted by Crippen LogP contribution is 2.58. The molecule has 0 spiro atoms. The first-order valence-corrected chi connectivity index (χ1v) is 10.1. The second-order valence-corrected chi connectivity index (χ2v) is 8.18. The normalized spacial score (nSPS) is 25.1. The second-order valence-electron chi connectivity index (χ2n) is 8.18. The summed E-state index contributed by atoms with van der Waals surface area (Å²) >= 11 is 0. The molecule has 1 aliphatic heterocycles. The van der Waals surface area contributed by atoms with Gasteiger partial charge in [-0.1, -0.05) is 52.0 Å². The van der Waals surface area contributed by atoms with Crippen LogP contribution in [0.15, 0.2) is 24.3 Å². The minimum atomic E-state index is -0.0909. The van der Waals surface area contributed by atoms with Gasteiger partial charge >= 0.3 is 0 Å². The molecule has 4 heteroatoms. The largest absolute Gasteiger partial charge is 0.355 e. The number of nitrogens with zero attached hydrogens (tertiary/aromatic N) is 1. The van der Waals surface area contributed by atoms with Crippen molar-refractivity contribution < 1.29 is 9.59 Å². The van der Waals surface area contributed by atoms with Crippen LogP contribution in [0.3, 0.4) is 0 Å². The lowest BCUT2D eigenvalue weighted by molar-refractivity contribution is -0.135. The second kappa shape index (κ2) is 7.81. The van der Waals surface area contributed by atoms with Gasteiger partial charge in [-0.15, -0.1) is 0 Å². The summed E-state index contributed by atoms with van der Waals surface area (Å²) in [4.78, 5) is 26.3. The molecule has 2 fully saturated rings. The molecule has 26 heavy (non-hydrogen) atoms. The van der Waals surface area contributed by atoms with Crippen LogP contribution in [0.25, 0.3) is 0 Å². The van der Waals surface area contributed by atoms with Gasteiger partial charge in [0.05, 0.1) is 5.92 Å². The van der Waals surface area contributed by atoms with Crippen LogP contribution < -0.4 is 5.32 Å². The van der Waals surface area contributed by atoms with Crippen LogP contribution in [-0.2, 0) is 9.59 Å². The predicted molar refractivity (Wildman–Crippen MR) is 104 cm³/mol. The van der Waals surface area contributed by atoms with Crippen molar-refractivity contribution in [3.05, 3.63) is 35.4 Å². The maximum absolute atomic E-state index is 12.8. The Labute approximate surface area is 157 Å². The summed E-state index contributed by atoms with van der Waals surface area (Å²) in [5.41, 5.74) is 2.81. The van der Waals surface area contributed by atoms with Gasteiger partial charge in [0, 0.05) is 26.1 Å². The minimum absolute atomic E-state index is 0.0189. The number of piperidine rings is 1. The van der Waals surface area contributed by atoms with Gasteiger partial charge < -0.3 is 10.2 Å². The van der Waals surface area contributed by atoms with Crippen molar-refractivity contribution in [2.75, 3.05) is 19.6 Å². The lowest BCUT2D eigenvalue weighted by atomic mass is 9.99. The van der Waals surface area contributed by atoms with E-state index >= 15 is 0 Å². The molecule has 1 aromatic rings. The van der Waals surface area contributed by atoms with E-state index in [1.54, 1.807) is 0 Å². The molecule has 2 amide bonds. The highest BCUT2D eigenvalue weighted by molar-refractivity contribution is 5.81. The molecule has 1 aromatic carbocycles. The lowest BCUT2D eigenvalue weighted by Gasteiger charge is -2.25. The van der Waals surface area contributed by atoms with E-state index in [2.05, 4.69) is 43.4 Å². The molecule has 4 nitrogen and oxygen atoms in total. The Morgan fingerprint density at radius 3 is 2.23 bits per heavy atom. The maximum Gasteiger partial charge on any atom is 0.227 e. The van der Waals surface area contributed by atoms with Crippen molar-refractivity contribution >= 4 is 11.8 Å². The number of nitrogens with one attached hydrogen (secondary N) is 1. The van der Waals surface area contributed by atoms with Gasteiger partial charge in [0.1, 0.15) is 0 Å². The average molecular weight is 357 g/mol. The van der Waals surface area contributed by atoms with Gasteiger partial charge in [0.2, 0.25) is 11.8 Å². The van der Waals surface area contributed by atoms with Crippen LogP contribution in [0.1, 0.15) is 63.5 Å². The van der Waals surface area contributed by atoms with Crippen molar-refractivity contribution in [1.82, 2.24) is 10.2 Å². The Hall–Kier alpha value is -1.84. The van der Waals surface area contributed by atoms with Gasteiger partial charge in [-0.05, 0) is 41.2 Å². The van der Waals surface area contributed by atoms with Gasteiger partial charge in [-0.3, -0.25) is 9.59 Å². The standard InChI is InChI=1S/C22H32N2O2/c1-5-15(11-23-20(25)6-2)22(26)24-12-18-19(13-24)21(18)17-9-7-16(8-10-17)14(3)4/h7-10,14-15,18-19,21H,5-6,11-13H2,1-4H3,(H,23,25)/t15-,18-,19+,21?/m1/s1. The van der Waals surface area contributed by atoms with Gasteiger partial charge in [0.25, 0.3) is 0 Å². The molecule has 0 radical (unpaired) electrons. The summed E-state index contributed by atoms with van der Waals surface area (Å²) in [5.74, 6) is 2.57. The van der Waals surface area contributed by atoms with Crippen LogP contribution in [0.5, 0.6) is 0 Å². The summed E-state index contributed by atoms with van der Waals surface area (Å²) < 4.78 is 0. The number of likely N-dealkylation sites (tertiary alicyclic amines) is 1. The van der Waals surface area contributed by atoms with E-state index in [9.17, 15) is 9.59 Å². The first-order chi connectivity index (χ1) is 12.5. The molecule has 1 saturated carbocycles. The summed E-state index contributed by atoms with van der Waals surface area (Å²) in [6.07, 6.45) is 1.24. The fourth-order valence-electron chi connectivity index (χ4n) is 4.33. The molecular formula is C22H32N2O2. The quantitative estimate of drug-likeness (QED) is 0.812. The third kappa shape index (κ3) is 3.79. The van der Waals surface area contributed by atoms with E-state index in [-0.39, 0.29) is 17.7 Å². The molecule has 0 bridgehead atoms. The summed E-state index contributed by atoms with van der Waals surface area (Å²) in [6.45, 7) is 10.5. The van der Waals surface area contributed by atoms with Crippen molar-refractivity contribution in [2.24, 2.45) is 17.8 Å². The molecular weight excluding hydrogens is 324 g/mol. The lowest BCUT2D eigenvalue weighted by Crippen LogP contribution is -2.41. The van der Waals surface area contributed by atoms with E-state index in [0.29, 0.717) is 36.6 Å². The number of benzene rings is 1. The summed E-state index contributed by atoms with van der Waals surface area (Å²) in [6, 6.07) is 9.06. The number of fused-ring (bicyclic) bond motifs is 1. The molecule has 4 atom stereocenters. The fraction of sp³-hybridized carbons (Fsp3) is 0.636. The molecule has 1 saturated heterocycles. The summed E-state index contributed by atoms with van der Waals surface area (Å²) in [7, 11) is 0. The molecule has 0 aromatic heterocycles. The predicted octanol–water partition coefficient (Wildman–Crippen LogP) is 3.53. The van der Waals surface area contributed by atoms with Crippen molar-refractivity contribution in [3.8, 4) is 0 Å². The van der Waals surface area contributed by atoms with Crippen LogP contribution in [0.4, 0.5) is 0 Å². The van der Waals surface area contributed by atoms with E-state index in [4.69, 9.17) is 0 Å². The molecule has 1 N–H and O–H groups in total. The Morgan fingerprint density at radius 1 is 1.12 bits per heavy atom. The topological polar surface area (TPSA) is 49.4 Å². The number of amides is 2. The number of carbonyl (C=O) groups is 2. The highest BCUT2D eigenvalue weighted by atomic mass is 16.2. The van der Waals surface area contributed by atoms with Crippen molar-refractivity contribution in [1.29, 1.82) is 0 Å². The minimum Gasteiger partial charge on any atom is -0.355 e. The van der Waals surface area contributed by atoms with Crippen LogP contribution in [-0.4, -0.2) is 36.3 Å². The van der Waals surface area contributed by atoms with E-state index in [1.807, 2.05) is 18.7 Å². The van der Waals surface area contributed by atoms with Gasteiger partial charge in [-0.2, -0.15) is 0 Å². The van der Waals surface area contributed by atoms with Crippen LogP contribution >= 0.6 is 0 Å². The van der Waals surface area contributed by atoms with Gasteiger partial charge in [0.15, 0.2) is 0 Å². The van der Waals surface area contributed by atoms with Crippen molar-refractivity contribution in [2.45, 2.75) is 52.4 Å². The fourth-order valence-corrected chi connectivity index (χ4v) is 4.33. The SMILES string of the molecule is CCC(=O)NC[C@@H](CC)C(=O)N1C[C@@H]2C(c3ccc(C(C)C)cc3)[C@@H]2C1. The zero-order chi connectivity index (χ0) is 18.8. The first kappa shape index (κ1) is 18.9.